The molecular formula is C27H32F3N5O9S2. The normalized spacial score (nSPS) is 19.8. The van der Waals surface area contributed by atoms with E-state index in [1.54, 1.807) is 0 Å². The second kappa shape index (κ2) is 12.6. The minimum atomic E-state index is -4.70. The van der Waals surface area contributed by atoms with Crippen LogP contribution in [0.3, 0.4) is 0 Å². The van der Waals surface area contributed by atoms with E-state index < -0.39 is 55.6 Å². The molecule has 14 nitrogen and oxygen atoms in total. The number of nitrogens with one attached hydrogen (secondary N) is 2. The number of fused-ring (bicyclic) bond motifs is 1. The Kier molecular flexibility index (Phi) is 9.28. The number of benzene rings is 1. The second-order valence-electron chi connectivity index (χ2n) is 11.1. The number of halogens is 3. The van der Waals surface area contributed by atoms with Crippen molar-refractivity contribution < 1.29 is 54.5 Å². The molecule has 2 aliphatic rings. The third-order valence-electron chi connectivity index (χ3n) is 8.19. The maximum atomic E-state index is 13.4. The van der Waals surface area contributed by atoms with Crippen LogP contribution in [0.5, 0.6) is 5.75 Å². The minimum absolute atomic E-state index is 0.00481. The van der Waals surface area contributed by atoms with Crippen LogP contribution in [0.15, 0.2) is 52.5 Å². The molecule has 2 saturated heterocycles. The topological polar surface area (TPSA) is 191 Å². The van der Waals surface area contributed by atoms with E-state index in [0.717, 1.165) is 27.7 Å². The van der Waals surface area contributed by atoms with E-state index in [2.05, 4.69) is 14.7 Å². The van der Waals surface area contributed by atoms with Crippen LogP contribution < -0.4 is 9.46 Å². The summed E-state index contributed by atoms with van der Waals surface area (Å²) in [5, 5.41) is 20.1. The summed E-state index contributed by atoms with van der Waals surface area (Å²) in [6.45, 7) is -0.684. The highest BCUT2D eigenvalue weighted by atomic mass is 32.2. The number of aliphatic hydroxyl groups is 1. The van der Waals surface area contributed by atoms with E-state index >= 15 is 0 Å². The number of carbonyl (C=O) groups is 1. The van der Waals surface area contributed by atoms with Crippen LogP contribution in [-0.4, -0.2) is 110 Å². The molecule has 252 valence electrons. The molecule has 0 radical (unpaired) electrons. The van der Waals surface area contributed by atoms with Crippen molar-refractivity contribution in [1.82, 2.24) is 23.9 Å². The molecule has 0 saturated carbocycles. The van der Waals surface area contributed by atoms with Crippen molar-refractivity contribution >= 4 is 37.2 Å². The van der Waals surface area contributed by atoms with Crippen LogP contribution in [0.25, 0.3) is 11.0 Å². The first-order valence-corrected chi connectivity index (χ1v) is 17.0. The fourth-order valence-electron chi connectivity index (χ4n) is 5.72. The van der Waals surface area contributed by atoms with Gasteiger partial charge in [0, 0.05) is 36.9 Å². The Labute approximate surface area is 262 Å². The number of carboxylic acid groups (broad SMARTS) is 1. The van der Waals surface area contributed by atoms with E-state index in [4.69, 9.17) is 9.47 Å². The Morgan fingerprint density at radius 1 is 1.24 bits per heavy atom. The maximum absolute atomic E-state index is 13.4. The van der Waals surface area contributed by atoms with Gasteiger partial charge in [0.2, 0.25) is 20.0 Å². The quantitative estimate of drug-likeness (QED) is 0.245. The van der Waals surface area contributed by atoms with E-state index in [9.17, 15) is 45.0 Å². The first kappa shape index (κ1) is 33.9. The van der Waals surface area contributed by atoms with Crippen LogP contribution in [0, 0.1) is 0 Å². The number of alkyl halides is 3. The molecule has 4 heterocycles. The lowest BCUT2D eigenvalue weighted by Crippen LogP contribution is -2.48. The number of aromatic amines is 1. The first-order valence-electron chi connectivity index (χ1n) is 14.1. The Hall–Kier alpha value is -3.49. The van der Waals surface area contributed by atoms with Gasteiger partial charge in [-0.15, -0.1) is 0 Å². The highest BCUT2D eigenvalue weighted by Crippen LogP contribution is 2.40. The number of aliphatic hydroxyl groups excluding tert-OH is 1. The van der Waals surface area contributed by atoms with Gasteiger partial charge in [-0.1, -0.05) is 6.07 Å². The summed E-state index contributed by atoms with van der Waals surface area (Å²) >= 11 is 0. The lowest BCUT2D eigenvalue weighted by molar-refractivity contribution is -0.136. The monoisotopic (exact) mass is 691 g/mol. The van der Waals surface area contributed by atoms with Crippen molar-refractivity contribution in [2.24, 2.45) is 0 Å². The standard InChI is InChI=1S/C27H32F3N5O9S2/c1-31-45(39,40)20-4-2-3-19(9-20)43-16-18(36)14-35(25(37)38)17-11-26(44-15-17)5-7-34(8-6-26)46(41,42)21-10-22-23(27(28,29)30)13-33-24(22)32-12-21/h2-4,9-10,12-13,17-18,31,36H,5-8,11,14-16H2,1H3,(H,32,33)(H,37,38)/t17-,18+/m1/s1. The smallest absolute Gasteiger partial charge is 0.418 e. The van der Waals surface area contributed by atoms with Crippen LogP contribution >= 0.6 is 0 Å². The van der Waals surface area contributed by atoms with Gasteiger partial charge in [0.25, 0.3) is 0 Å². The average molecular weight is 692 g/mol. The Morgan fingerprint density at radius 3 is 2.61 bits per heavy atom. The summed E-state index contributed by atoms with van der Waals surface area (Å²) in [5.41, 5.74) is -1.95. The van der Waals surface area contributed by atoms with Crippen molar-refractivity contribution in [3.05, 3.63) is 48.3 Å². The van der Waals surface area contributed by atoms with E-state index in [-0.39, 0.29) is 78.7 Å². The molecule has 3 aromatic rings. The molecule has 2 atom stereocenters. The molecule has 5 rings (SSSR count). The predicted molar refractivity (Wildman–Crippen MR) is 155 cm³/mol. The lowest BCUT2D eigenvalue weighted by Gasteiger charge is -2.38. The maximum Gasteiger partial charge on any atom is 0.418 e. The van der Waals surface area contributed by atoms with Gasteiger partial charge in [-0.3, -0.25) is 0 Å². The summed E-state index contributed by atoms with van der Waals surface area (Å²) in [6.07, 6.45) is -4.89. The Morgan fingerprint density at radius 2 is 1.96 bits per heavy atom. The number of amides is 1. The number of hydrogen-bond donors (Lipinski definition) is 4. The SMILES string of the molecule is CNS(=O)(=O)c1cccc(OC[C@@H](O)CN(C(=O)O)[C@H]2COC3(CCN(S(=O)(=O)c4cnc5[nH]cc(C(F)(F)F)c5c4)CC3)C2)c1. The lowest BCUT2D eigenvalue weighted by atomic mass is 9.88. The van der Waals surface area contributed by atoms with Gasteiger partial charge in [0.15, 0.2) is 0 Å². The molecule has 1 aromatic carbocycles. The van der Waals surface area contributed by atoms with Gasteiger partial charge in [0.05, 0.1) is 35.3 Å². The number of hydrogen-bond acceptors (Lipinski definition) is 9. The number of rotatable bonds is 10. The summed E-state index contributed by atoms with van der Waals surface area (Å²) in [4.78, 5) is 19.0. The van der Waals surface area contributed by atoms with Gasteiger partial charge < -0.3 is 29.6 Å². The van der Waals surface area contributed by atoms with Crippen molar-refractivity contribution in [3.63, 3.8) is 0 Å². The molecule has 4 N–H and O–H groups in total. The van der Waals surface area contributed by atoms with Crippen molar-refractivity contribution in [3.8, 4) is 5.75 Å². The van der Waals surface area contributed by atoms with Crippen molar-refractivity contribution in [2.75, 3.05) is 39.9 Å². The minimum Gasteiger partial charge on any atom is -0.491 e. The third-order valence-corrected chi connectivity index (χ3v) is 11.5. The highest BCUT2D eigenvalue weighted by Gasteiger charge is 2.47. The first-order chi connectivity index (χ1) is 21.5. The average Bonchev–Trinajstić information content (AvgIpc) is 3.63. The number of piperidine rings is 1. The molecule has 1 amide bonds. The summed E-state index contributed by atoms with van der Waals surface area (Å²) in [5.74, 6) is 0.159. The predicted octanol–water partition coefficient (Wildman–Crippen LogP) is 2.22. The van der Waals surface area contributed by atoms with Crippen molar-refractivity contribution in [2.45, 2.75) is 53.0 Å². The Bertz CT molecular complexity index is 1810. The summed E-state index contributed by atoms with van der Waals surface area (Å²) in [6, 6.07) is 5.88. The van der Waals surface area contributed by atoms with Crippen LogP contribution in [-0.2, 0) is 31.0 Å². The molecule has 2 fully saturated rings. The van der Waals surface area contributed by atoms with Gasteiger partial charge >= 0.3 is 12.3 Å². The number of sulfonamides is 2. The van der Waals surface area contributed by atoms with Gasteiger partial charge in [0.1, 0.15) is 29.0 Å². The van der Waals surface area contributed by atoms with E-state index in [1.165, 1.54) is 31.3 Å². The number of pyridine rings is 1. The van der Waals surface area contributed by atoms with Crippen LogP contribution in [0.2, 0.25) is 0 Å². The zero-order chi connectivity index (χ0) is 33.5. The fraction of sp³-hybridized carbons (Fsp3) is 0.481. The Balaban J connectivity index is 1.19. The van der Waals surface area contributed by atoms with Gasteiger partial charge in [-0.2, -0.15) is 17.5 Å². The number of ether oxygens (including phenoxy) is 2. The molecule has 2 aromatic heterocycles. The molecule has 1 spiro atoms. The number of H-pyrrole nitrogens is 1. The largest absolute Gasteiger partial charge is 0.491 e. The summed E-state index contributed by atoms with van der Waals surface area (Å²) < 4.78 is 106. The van der Waals surface area contributed by atoms with E-state index in [1.807, 2.05) is 0 Å². The zero-order valence-electron chi connectivity index (χ0n) is 24.4. The number of aromatic nitrogens is 2. The highest BCUT2D eigenvalue weighted by molar-refractivity contribution is 7.89. The van der Waals surface area contributed by atoms with Crippen LogP contribution in [0.4, 0.5) is 18.0 Å². The van der Waals surface area contributed by atoms with Crippen LogP contribution in [0.1, 0.15) is 24.8 Å². The number of nitrogens with zero attached hydrogens (tertiary/aromatic N) is 3. The third kappa shape index (κ3) is 6.93. The molecule has 0 bridgehead atoms. The van der Waals surface area contributed by atoms with E-state index in [0.29, 0.717) is 0 Å². The second-order valence-corrected chi connectivity index (χ2v) is 14.9. The van der Waals surface area contributed by atoms with Crippen molar-refractivity contribution in [1.29, 1.82) is 0 Å². The molecule has 46 heavy (non-hydrogen) atoms. The molecular weight excluding hydrogens is 659 g/mol. The molecule has 19 heteroatoms. The molecule has 0 aliphatic carbocycles. The van der Waals surface area contributed by atoms with Gasteiger partial charge in [-0.05, 0) is 44.5 Å². The fourth-order valence-corrected chi connectivity index (χ4v) is 7.90. The zero-order valence-corrected chi connectivity index (χ0v) is 26.0. The summed E-state index contributed by atoms with van der Waals surface area (Å²) in [7, 11) is -6.66. The molecule has 0 unspecified atom stereocenters. The van der Waals surface area contributed by atoms with Gasteiger partial charge in [-0.25, -0.2) is 31.3 Å². The molecule has 2 aliphatic heterocycles.